The molecular formula is C26H20N4O3. The number of nitrogens with zero attached hydrogens (tertiary/aromatic N) is 4. The second kappa shape index (κ2) is 7.87. The van der Waals surface area contributed by atoms with E-state index in [2.05, 4.69) is 10.2 Å². The zero-order valence-corrected chi connectivity index (χ0v) is 18.1. The molecule has 0 atom stereocenters. The van der Waals surface area contributed by atoms with Crippen LogP contribution in [0.5, 0.6) is 5.88 Å². The molecule has 4 aromatic rings. The highest BCUT2D eigenvalue weighted by Gasteiger charge is 2.31. The Morgan fingerprint density at radius 1 is 0.879 bits per heavy atom. The molecule has 1 aliphatic rings. The van der Waals surface area contributed by atoms with E-state index in [1.54, 1.807) is 43.4 Å². The summed E-state index contributed by atoms with van der Waals surface area (Å²) in [7, 11) is 1.68. The molecule has 1 N–H and O–H groups in total. The van der Waals surface area contributed by atoms with Gasteiger partial charge in [0.15, 0.2) is 5.71 Å². The summed E-state index contributed by atoms with van der Waals surface area (Å²) >= 11 is 0. The second-order valence-corrected chi connectivity index (χ2v) is 7.83. The van der Waals surface area contributed by atoms with Gasteiger partial charge in [0.2, 0.25) is 5.88 Å². The van der Waals surface area contributed by atoms with Gasteiger partial charge in [-0.15, -0.1) is 5.10 Å². The molecule has 0 fully saturated rings. The Kier molecular flexibility index (Phi) is 4.86. The zero-order valence-electron chi connectivity index (χ0n) is 18.1. The number of aryl methyl sites for hydroxylation is 1. The summed E-state index contributed by atoms with van der Waals surface area (Å²) < 4.78 is 1.25. The van der Waals surface area contributed by atoms with Gasteiger partial charge in [-0.1, -0.05) is 54.1 Å². The van der Waals surface area contributed by atoms with Crippen LogP contribution in [0.1, 0.15) is 16.7 Å². The molecule has 3 aromatic carbocycles. The molecular weight excluding hydrogens is 416 g/mol. The van der Waals surface area contributed by atoms with E-state index < -0.39 is 0 Å². The average Bonchev–Trinajstić information content (AvgIpc) is 3.07. The van der Waals surface area contributed by atoms with Gasteiger partial charge < -0.3 is 10.0 Å². The van der Waals surface area contributed by atoms with Crippen LogP contribution >= 0.6 is 0 Å². The highest BCUT2D eigenvalue weighted by atomic mass is 16.3. The predicted molar refractivity (Wildman–Crippen MR) is 130 cm³/mol. The minimum atomic E-state index is -0.336. The summed E-state index contributed by atoms with van der Waals surface area (Å²) in [6.07, 6.45) is 1.38. The van der Waals surface area contributed by atoms with Gasteiger partial charge in [0.05, 0.1) is 23.2 Å². The maximum Gasteiger partial charge on any atom is 0.279 e. The summed E-state index contributed by atoms with van der Waals surface area (Å²) in [5.41, 5.74) is 3.25. The maximum absolute atomic E-state index is 13.2. The number of hydrogen-bond donors (Lipinski definition) is 1. The Morgan fingerprint density at radius 2 is 1.55 bits per heavy atom. The normalized spacial score (nSPS) is 14.5. The first-order valence-electron chi connectivity index (χ1n) is 10.4. The molecule has 2 heterocycles. The van der Waals surface area contributed by atoms with E-state index in [1.807, 2.05) is 43.3 Å². The SMILES string of the molecule is Cc1ccc(-n2c(O)c(/C=N/N=C3/C(=O)N(C)c4ccccc43)c3ccccc3c2=O)cc1. The van der Waals surface area contributed by atoms with Crippen LogP contribution in [0.25, 0.3) is 16.5 Å². The van der Waals surface area contributed by atoms with Crippen molar-refractivity contribution in [3.8, 4) is 11.6 Å². The van der Waals surface area contributed by atoms with Gasteiger partial charge in [-0.25, -0.2) is 4.57 Å². The number of fused-ring (bicyclic) bond motifs is 2. The van der Waals surface area contributed by atoms with Gasteiger partial charge in [-0.3, -0.25) is 9.59 Å². The summed E-state index contributed by atoms with van der Waals surface area (Å²) in [5, 5.41) is 20.4. The van der Waals surface area contributed by atoms with Crippen LogP contribution in [0.3, 0.4) is 0 Å². The second-order valence-electron chi connectivity index (χ2n) is 7.83. The summed E-state index contributed by atoms with van der Waals surface area (Å²) in [4.78, 5) is 27.3. The Balaban J connectivity index is 1.67. The fraction of sp³-hybridized carbons (Fsp3) is 0.0769. The lowest BCUT2D eigenvalue weighted by molar-refractivity contribution is -0.111. The number of rotatable bonds is 3. The first-order chi connectivity index (χ1) is 16.0. The number of pyridine rings is 1. The quantitative estimate of drug-likeness (QED) is 0.391. The Bertz CT molecular complexity index is 1530. The van der Waals surface area contributed by atoms with Crippen molar-refractivity contribution in [3.05, 3.63) is 99.8 Å². The van der Waals surface area contributed by atoms with E-state index in [9.17, 15) is 14.7 Å². The zero-order chi connectivity index (χ0) is 23.1. The number of aromatic nitrogens is 1. The highest BCUT2D eigenvalue weighted by Crippen LogP contribution is 2.28. The first kappa shape index (κ1) is 20.4. The number of anilines is 1. The van der Waals surface area contributed by atoms with Crippen LogP contribution in [0.2, 0.25) is 0 Å². The minimum absolute atomic E-state index is 0.222. The standard InChI is InChI=1S/C26H20N4O3/c1-16-11-13-17(14-12-16)30-24(31)19-8-4-3-7-18(19)21(25(30)32)15-27-28-23-20-9-5-6-10-22(20)29(2)26(23)33/h3-15,32H,1-2H3/b27-15+,28-23+. The van der Waals surface area contributed by atoms with Crippen LogP contribution in [0.4, 0.5) is 5.69 Å². The largest absolute Gasteiger partial charge is 0.494 e. The predicted octanol–water partition coefficient (Wildman–Crippen LogP) is 3.80. The van der Waals surface area contributed by atoms with Gasteiger partial charge >= 0.3 is 0 Å². The summed E-state index contributed by atoms with van der Waals surface area (Å²) in [6.45, 7) is 1.95. The third kappa shape index (κ3) is 3.30. The van der Waals surface area contributed by atoms with Crippen molar-refractivity contribution in [1.29, 1.82) is 0 Å². The molecule has 0 radical (unpaired) electrons. The van der Waals surface area contributed by atoms with Gasteiger partial charge in [0, 0.05) is 23.4 Å². The lowest BCUT2D eigenvalue weighted by Gasteiger charge is -2.13. The third-order valence-corrected chi connectivity index (χ3v) is 5.77. The molecule has 162 valence electrons. The molecule has 0 saturated carbocycles. The Hall–Kier alpha value is -4.52. The molecule has 0 unspecified atom stereocenters. The molecule has 1 aromatic heterocycles. The molecule has 0 bridgehead atoms. The van der Waals surface area contributed by atoms with E-state index in [-0.39, 0.29) is 23.1 Å². The number of amides is 1. The molecule has 7 nitrogen and oxygen atoms in total. The number of carbonyl (C=O) groups is 1. The summed E-state index contributed by atoms with van der Waals surface area (Å²) in [6, 6.07) is 21.6. The number of hydrogen-bond acceptors (Lipinski definition) is 5. The van der Waals surface area contributed by atoms with Gasteiger partial charge in [-0.2, -0.15) is 5.10 Å². The third-order valence-electron chi connectivity index (χ3n) is 5.77. The van der Waals surface area contributed by atoms with Crippen molar-refractivity contribution >= 4 is 34.3 Å². The number of para-hydroxylation sites is 1. The molecule has 0 aliphatic carbocycles. The molecule has 0 spiro atoms. The Labute approximate surface area is 189 Å². The van der Waals surface area contributed by atoms with Crippen LogP contribution in [0.15, 0.2) is 87.8 Å². The topological polar surface area (TPSA) is 87.3 Å². The van der Waals surface area contributed by atoms with Crippen LogP contribution in [-0.2, 0) is 4.79 Å². The molecule has 1 aliphatic heterocycles. The van der Waals surface area contributed by atoms with Gasteiger partial charge in [0.1, 0.15) is 0 Å². The van der Waals surface area contributed by atoms with Gasteiger partial charge in [0.25, 0.3) is 11.5 Å². The number of benzene rings is 3. The van der Waals surface area contributed by atoms with Crippen molar-refractivity contribution in [2.75, 3.05) is 11.9 Å². The molecule has 0 saturated heterocycles. The van der Waals surface area contributed by atoms with Crippen molar-refractivity contribution in [1.82, 2.24) is 4.57 Å². The van der Waals surface area contributed by atoms with Crippen molar-refractivity contribution in [2.24, 2.45) is 10.2 Å². The first-order valence-corrected chi connectivity index (χ1v) is 10.4. The number of aromatic hydroxyl groups is 1. The fourth-order valence-electron chi connectivity index (χ4n) is 4.01. The highest BCUT2D eigenvalue weighted by molar-refractivity contribution is 6.54. The van der Waals surface area contributed by atoms with Crippen LogP contribution in [0, 0.1) is 6.92 Å². The lowest BCUT2D eigenvalue weighted by Crippen LogP contribution is -2.25. The Morgan fingerprint density at radius 3 is 2.30 bits per heavy atom. The van der Waals surface area contributed by atoms with Crippen molar-refractivity contribution in [3.63, 3.8) is 0 Å². The van der Waals surface area contributed by atoms with Crippen LogP contribution in [-0.4, -0.2) is 34.6 Å². The molecule has 5 rings (SSSR count). The fourth-order valence-corrected chi connectivity index (χ4v) is 4.01. The van der Waals surface area contributed by atoms with Crippen molar-refractivity contribution in [2.45, 2.75) is 6.92 Å². The number of carbonyl (C=O) groups excluding carboxylic acids is 1. The van der Waals surface area contributed by atoms with Crippen LogP contribution < -0.4 is 10.5 Å². The maximum atomic E-state index is 13.2. The van der Waals surface area contributed by atoms with E-state index >= 15 is 0 Å². The van der Waals surface area contributed by atoms with Gasteiger partial charge in [-0.05, 0) is 31.2 Å². The number of likely N-dealkylation sites (N-methyl/N-ethyl adjacent to an activating group) is 1. The summed E-state index contributed by atoms with van der Waals surface area (Å²) in [5.74, 6) is -0.506. The van der Waals surface area contributed by atoms with E-state index in [1.165, 1.54) is 15.7 Å². The lowest BCUT2D eigenvalue weighted by atomic mass is 10.1. The molecule has 7 heteroatoms. The molecule has 1 amide bonds. The van der Waals surface area contributed by atoms with E-state index in [4.69, 9.17) is 0 Å². The molecule has 33 heavy (non-hydrogen) atoms. The van der Waals surface area contributed by atoms with Crippen molar-refractivity contribution < 1.29 is 9.90 Å². The minimum Gasteiger partial charge on any atom is -0.494 e. The average molecular weight is 436 g/mol. The van der Waals surface area contributed by atoms with E-state index in [0.717, 1.165) is 11.3 Å². The smallest absolute Gasteiger partial charge is 0.279 e. The monoisotopic (exact) mass is 436 g/mol. The van der Waals surface area contributed by atoms with E-state index in [0.29, 0.717) is 27.6 Å².